The predicted molar refractivity (Wildman–Crippen MR) is 55.6 cm³/mol. The molecular weight excluding hydrogens is 162 g/mol. The van der Waals surface area contributed by atoms with Gasteiger partial charge in [-0.3, -0.25) is 0 Å². The molecule has 0 radical (unpaired) electrons. The van der Waals surface area contributed by atoms with Gasteiger partial charge in [0.15, 0.2) is 0 Å². The SMILES string of the molecule is CC.N#[N+]NCCC1CCCCC1. The fraction of sp³-hybridized carbons (Fsp3) is 1.00. The highest BCUT2D eigenvalue weighted by molar-refractivity contribution is 4.66. The van der Waals surface area contributed by atoms with Crippen LogP contribution >= 0.6 is 0 Å². The summed E-state index contributed by atoms with van der Waals surface area (Å²) in [6.07, 6.45) is 8.08. The Bertz CT molecular complexity index is 134. The topological polar surface area (TPSA) is 40.2 Å². The van der Waals surface area contributed by atoms with Gasteiger partial charge in [-0.05, 0) is 17.8 Å². The fourth-order valence-corrected chi connectivity index (χ4v) is 1.79. The third-order valence-electron chi connectivity index (χ3n) is 2.46. The molecule has 1 aliphatic rings. The average Bonchev–Trinajstić information content (AvgIpc) is 2.23. The van der Waals surface area contributed by atoms with Crippen molar-refractivity contribution in [1.82, 2.24) is 5.43 Å². The Kier molecular flexibility index (Phi) is 8.75. The zero-order valence-electron chi connectivity index (χ0n) is 8.92. The van der Waals surface area contributed by atoms with Crippen LogP contribution in [0.1, 0.15) is 52.4 Å². The normalized spacial score (nSPS) is 16.7. The van der Waals surface area contributed by atoms with Gasteiger partial charge in [0, 0.05) is 0 Å². The van der Waals surface area contributed by atoms with Crippen molar-refractivity contribution in [3.05, 3.63) is 5.08 Å². The van der Waals surface area contributed by atoms with Gasteiger partial charge in [-0.1, -0.05) is 46.0 Å². The molecular formula is C10H22N3+. The van der Waals surface area contributed by atoms with Gasteiger partial charge >= 0.3 is 5.08 Å². The van der Waals surface area contributed by atoms with Crippen molar-refractivity contribution in [2.24, 2.45) is 5.92 Å². The summed E-state index contributed by atoms with van der Waals surface area (Å²) in [7, 11) is 0. The molecule has 0 aromatic rings. The molecule has 13 heavy (non-hydrogen) atoms. The maximum atomic E-state index is 8.11. The first-order chi connectivity index (χ1) is 6.43. The summed E-state index contributed by atoms with van der Waals surface area (Å²) >= 11 is 0. The lowest BCUT2D eigenvalue weighted by molar-refractivity contribution is 0.338. The molecule has 0 atom stereocenters. The lowest BCUT2D eigenvalue weighted by Crippen LogP contribution is -2.13. The molecule has 0 amide bonds. The molecule has 0 aromatic carbocycles. The van der Waals surface area contributed by atoms with E-state index in [2.05, 4.69) is 10.5 Å². The van der Waals surface area contributed by atoms with Crippen LogP contribution in [0.4, 0.5) is 0 Å². The van der Waals surface area contributed by atoms with Crippen LogP contribution in [-0.2, 0) is 0 Å². The summed E-state index contributed by atoms with van der Waals surface area (Å²) in [4.78, 5) is 0. The Balaban J connectivity index is 0.000000671. The third kappa shape index (κ3) is 6.39. The summed E-state index contributed by atoms with van der Waals surface area (Å²) in [5.74, 6) is 0.873. The summed E-state index contributed by atoms with van der Waals surface area (Å²) in [6, 6.07) is 0. The quantitative estimate of drug-likeness (QED) is 0.415. The monoisotopic (exact) mass is 184 g/mol. The van der Waals surface area contributed by atoms with Gasteiger partial charge in [0.1, 0.15) is 0 Å². The number of nitrogens with zero attached hydrogens (tertiary/aromatic N) is 2. The summed E-state index contributed by atoms with van der Waals surface area (Å²) in [6.45, 7) is 4.82. The molecule has 1 N–H and O–H groups in total. The number of nitrogens with one attached hydrogen (secondary N) is 1. The van der Waals surface area contributed by atoms with Gasteiger partial charge in [-0.25, -0.2) is 0 Å². The van der Waals surface area contributed by atoms with E-state index >= 15 is 0 Å². The molecule has 1 saturated carbocycles. The van der Waals surface area contributed by atoms with E-state index in [-0.39, 0.29) is 0 Å². The van der Waals surface area contributed by atoms with Crippen molar-refractivity contribution >= 4 is 0 Å². The minimum absolute atomic E-state index is 0.821. The van der Waals surface area contributed by atoms with Crippen LogP contribution in [0.25, 0.3) is 5.08 Å². The Morgan fingerprint density at radius 1 is 1.23 bits per heavy atom. The van der Waals surface area contributed by atoms with Gasteiger partial charge in [0.25, 0.3) is 5.39 Å². The Morgan fingerprint density at radius 3 is 2.38 bits per heavy atom. The highest BCUT2D eigenvalue weighted by atomic mass is 15.3. The first-order valence-corrected chi connectivity index (χ1v) is 5.50. The average molecular weight is 184 g/mol. The second kappa shape index (κ2) is 9.31. The number of hydrogen-bond donors (Lipinski definition) is 1. The van der Waals surface area contributed by atoms with E-state index in [0.717, 1.165) is 18.9 Å². The summed E-state index contributed by atoms with van der Waals surface area (Å²) in [5, 5.41) is 11.0. The Labute approximate surface area is 81.5 Å². The van der Waals surface area contributed by atoms with Crippen molar-refractivity contribution in [3.63, 3.8) is 0 Å². The summed E-state index contributed by atoms with van der Waals surface area (Å²) in [5.41, 5.74) is 2.58. The zero-order valence-corrected chi connectivity index (χ0v) is 8.92. The molecule has 0 spiro atoms. The van der Waals surface area contributed by atoms with Crippen molar-refractivity contribution in [3.8, 4) is 0 Å². The van der Waals surface area contributed by atoms with Crippen molar-refractivity contribution in [1.29, 1.82) is 5.39 Å². The molecule has 1 fully saturated rings. The van der Waals surface area contributed by atoms with Crippen LogP contribution in [0.3, 0.4) is 0 Å². The van der Waals surface area contributed by atoms with E-state index in [1.54, 1.807) is 0 Å². The van der Waals surface area contributed by atoms with E-state index in [1.807, 2.05) is 13.8 Å². The minimum atomic E-state index is 0.821. The van der Waals surface area contributed by atoms with Crippen molar-refractivity contribution < 1.29 is 0 Å². The van der Waals surface area contributed by atoms with Gasteiger partial charge in [0.2, 0.25) is 0 Å². The van der Waals surface area contributed by atoms with Gasteiger partial charge < -0.3 is 0 Å². The lowest BCUT2D eigenvalue weighted by Gasteiger charge is -2.19. The van der Waals surface area contributed by atoms with Crippen LogP contribution in [0, 0.1) is 11.3 Å². The molecule has 0 saturated heterocycles. The smallest absolute Gasteiger partial charge is 0.0683 e. The van der Waals surface area contributed by atoms with Crippen LogP contribution in [0.15, 0.2) is 0 Å². The standard InChI is InChI=1S/C8H16N3.C2H6/c9-11-10-7-6-8-4-2-1-3-5-8;1-2/h8,10H,1-7H2;1-2H3/q+1;. The number of hydrogen-bond acceptors (Lipinski definition) is 2. The molecule has 0 aromatic heterocycles. The lowest BCUT2D eigenvalue weighted by atomic mass is 9.87. The van der Waals surface area contributed by atoms with Gasteiger partial charge in [0.05, 0.1) is 6.54 Å². The van der Waals surface area contributed by atoms with Crippen LogP contribution in [0.2, 0.25) is 0 Å². The van der Waals surface area contributed by atoms with Crippen LogP contribution < -0.4 is 5.43 Å². The maximum absolute atomic E-state index is 8.11. The maximum Gasteiger partial charge on any atom is 0.302 e. The molecule has 0 aliphatic heterocycles. The molecule has 0 bridgehead atoms. The molecule has 3 heteroatoms. The second-order valence-electron chi connectivity index (χ2n) is 3.30. The molecule has 1 rings (SSSR count). The Morgan fingerprint density at radius 2 is 1.85 bits per heavy atom. The first-order valence-electron chi connectivity index (χ1n) is 5.50. The number of rotatable bonds is 3. The third-order valence-corrected chi connectivity index (χ3v) is 2.46. The van der Waals surface area contributed by atoms with Gasteiger partial charge in [-0.15, -0.1) is 0 Å². The van der Waals surface area contributed by atoms with E-state index in [9.17, 15) is 0 Å². The highest BCUT2D eigenvalue weighted by Crippen LogP contribution is 2.25. The molecule has 3 nitrogen and oxygen atoms in total. The van der Waals surface area contributed by atoms with Crippen LogP contribution in [-0.4, -0.2) is 6.54 Å². The van der Waals surface area contributed by atoms with Crippen molar-refractivity contribution in [2.45, 2.75) is 52.4 Å². The minimum Gasteiger partial charge on any atom is -0.0683 e. The van der Waals surface area contributed by atoms with Gasteiger partial charge in [-0.2, -0.15) is 0 Å². The largest absolute Gasteiger partial charge is 0.302 e. The number of diazo groups is 1. The zero-order chi connectivity index (χ0) is 9.94. The molecule has 76 valence electrons. The first kappa shape index (κ1) is 12.2. The molecule has 0 unspecified atom stereocenters. The van der Waals surface area contributed by atoms with Crippen molar-refractivity contribution in [2.75, 3.05) is 6.54 Å². The molecule has 1 aliphatic carbocycles. The predicted octanol–water partition coefficient (Wildman–Crippen LogP) is 3.34. The second-order valence-corrected chi connectivity index (χ2v) is 3.30. The Hall–Kier alpha value is -0.780. The van der Waals surface area contributed by atoms with E-state index in [4.69, 9.17) is 5.39 Å². The van der Waals surface area contributed by atoms with Crippen LogP contribution in [0.5, 0.6) is 0 Å². The molecule has 0 heterocycles. The highest BCUT2D eigenvalue weighted by Gasteiger charge is 2.13. The van der Waals surface area contributed by atoms with E-state index in [1.165, 1.54) is 32.1 Å². The summed E-state index contributed by atoms with van der Waals surface area (Å²) < 4.78 is 0. The van der Waals surface area contributed by atoms with E-state index < -0.39 is 0 Å². The fourth-order valence-electron chi connectivity index (χ4n) is 1.79. The van der Waals surface area contributed by atoms with E-state index in [0.29, 0.717) is 0 Å².